The number of ether oxygens (including phenoxy) is 2. The average Bonchev–Trinajstić information content (AvgIpc) is 2.92. The Bertz CT molecular complexity index is 575. The molecule has 0 unspecified atom stereocenters. The molecule has 1 N–H and O–H groups in total. The average molecular weight is 292 g/mol. The summed E-state index contributed by atoms with van der Waals surface area (Å²) in [4.78, 5) is 4.30. The quantitative estimate of drug-likeness (QED) is 0.880. The molecular weight excluding hydrogens is 272 g/mol. The van der Waals surface area contributed by atoms with E-state index in [4.69, 9.17) is 19.1 Å². The van der Waals surface area contributed by atoms with E-state index in [1.807, 2.05) is 32.9 Å². The first-order valence-electron chi connectivity index (χ1n) is 6.79. The standard InChI is InChI=1S/C15H20N2O4/c1-15(2,3)14-16-13(17-21-14)10-20-12-7-5-4-6-11(12)19-9-8-18/h4-7,18H,8-10H2,1-3H3. The van der Waals surface area contributed by atoms with Crippen molar-refractivity contribution < 1.29 is 19.1 Å². The lowest BCUT2D eigenvalue weighted by atomic mass is 9.97. The smallest absolute Gasteiger partial charge is 0.232 e. The maximum Gasteiger partial charge on any atom is 0.232 e. The summed E-state index contributed by atoms with van der Waals surface area (Å²) in [5.74, 6) is 2.21. The van der Waals surface area contributed by atoms with Crippen molar-refractivity contribution in [2.75, 3.05) is 13.2 Å². The van der Waals surface area contributed by atoms with Crippen molar-refractivity contribution in [3.05, 3.63) is 36.0 Å². The van der Waals surface area contributed by atoms with Crippen LogP contribution >= 0.6 is 0 Å². The molecule has 0 bridgehead atoms. The number of aliphatic hydroxyl groups is 1. The highest BCUT2D eigenvalue weighted by Gasteiger charge is 2.21. The number of hydrogen-bond acceptors (Lipinski definition) is 6. The highest BCUT2D eigenvalue weighted by Crippen LogP contribution is 2.27. The fraction of sp³-hybridized carbons (Fsp3) is 0.467. The number of nitrogens with zero attached hydrogens (tertiary/aromatic N) is 2. The number of rotatable bonds is 6. The number of aromatic nitrogens is 2. The minimum Gasteiger partial charge on any atom is -0.487 e. The molecule has 0 saturated heterocycles. The van der Waals surface area contributed by atoms with Gasteiger partial charge < -0.3 is 19.1 Å². The second kappa shape index (κ2) is 6.58. The molecule has 6 heteroatoms. The molecule has 0 aliphatic rings. The molecule has 0 saturated carbocycles. The van der Waals surface area contributed by atoms with Crippen molar-refractivity contribution in [3.8, 4) is 11.5 Å². The van der Waals surface area contributed by atoms with Gasteiger partial charge in [-0.15, -0.1) is 0 Å². The maximum atomic E-state index is 8.81. The van der Waals surface area contributed by atoms with Gasteiger partial charge in [-0.3, -0.25) is 0 Å². The summed E-state index contributed by atoms with van der Waals surface area (Å²) in [6.07, 6.45) is 0. The van der Waals surface area contributed by atoms with Crippen LogP contribution in [0, 0.1) is 0 Å². The number of hydrogen-bond donors (Lipinski definition) is 1. The summed E-state index contributed by atoms with van der Waals surface area (Å²) in [5.41, 5.74) is -0.187. The Hall–Kier alpha value is -2.08. The van der Waals surface area contributed by atoms with Gasteiger partial charge in [0.15, 0.2) is 18.1 Å². The van der Waals surface area contributed by atoms with Crippen molar-refractivity contribution >= 4 is 0 Å². The maximum absolute atomic E-state index is 8.81. The Morgan fingerprint density at radius 1 is 1.14 bits per heavy atom. The van der Waals surface area contributed by atoms with Gasteiger partial charge in [-0.2, -0.15) is 4.98 Å². The number of benzene rings is 1. The van der Waals surface area contributed by atoms with E-state index in [9.17, 15) is 0 Å². The normalized spacial score (nSPS) is 11.4. The Labute approximate surface area is 123 Å². The zero-order valence-corrected chi connectivity index (χ0v) is 12.5. The molecule has 114 valence electrons. The van der Waals surface area contributed by atoms with Gasteiger partial charge in [-0.05, 0) is 12.1 Å². The van der Waals surface area contributed by atoms with E-state index in [0.717, 1.165) is 0 Å². The second-order valence-corrected chi connectivity index (χ2v) is 5.57. The molecule has 0 spiro atoms. The first kappa shape index (κ1) is 15.3. The first-order valence-corrected chi connectivity index (χ1v) is 6.79. The molecule has 0 atom stereocenters. The summed E-state index contributed by atoms with van der Waals surface area (Å²) in [6.45, 7) is 6.37. The van der Waals surface area contributed by atoms with Crippen LogP contribution < -0.4 is 9.47 Å². The van der Waals surface area contributed by atoms with Gasteiger partial charge in [0.1, 0.15) is 6.61 Å². The zero-order chi connectivity index (χ0) is 15.3. The summed E-state index contributed by atoms with van der Waals surface area (Å²) in [5, 5.41) is 12.7. The molecule has 0 aliphatic carbocycles. The molecule has 0 fully saturated rings. The lowest BCUT2D eigenvalue weighted by molar-refractivity contribution is 0.191. The molecule has 2 aromatic rings. The van der Waals surface area contributed by atoms with Crippen LogP contribution in [-0.4, -0.2) is 28.5 Å². The van der Waals surface area contributed by atoms with Crippen molar-refractivity contribution in [1.29, 1.82) is 0 Å². The van der Waals surface area contributed by atoms with Crippen LogP contribution in [0.4, 0.5) is 0 Å². The van der Waals surface area contributed by atoms with E-state index in [1.54, 1.807) is 12.1 Å². The highest BCUT2D eigenvalue weighted by atomic mass is 16.5. The van der Waals surface area contributed by atoms with Crippen molar-refractivity contribution in [3.63, 3.8) is 0 Å². The third-order valence-electron chi connectivity index (χ3n) is 2.66. The minimum absolute atomic E-state index is 0.0475. The number of aliphatic hydroxyl groups excluding tert-OH is 1. The predicted molar refractivity (Wildman–Crippen MR) is 76.4 cm³/mol. The molecule has 1 heterocycles. The Morgan fingerprint density at radius 3 is 2.38 bits per heavy atom. The van der Waals surface area contributed by atoms with Gasteiger partial charge in [-0.1, -0.05) is 38.1 Å². The highest BCUT2D eigenvalue weighted by molar-refractivity contribution is 5.39. The van der Waals surface area contributed by atoms with Crippen LogP contribution in [0.2, 0.25) is 0 Å². The largest absolute Gasteiger partial charge is 0.487 e. The van der Waals surface area contributed by atoms with E-state index in [0.29, 0.717) is 23.2 Å². The summed E-state index contributed by atoms with van der Waals surface area (Å²) in [7, 11) is 0. The van der Waals surface area contributed by atoms with Crippen molar-refractivity contribution in [2.24, 2.45) is 0 Å². The third kappa shape index (κ3) is 4.19. The van der Waals surface area contributed by atoms with Crippen molar-refractivity contribution in [1.82, 2.24) is 10.1 Å². The van der Waals surface area contributed by atoms with Gasteiger partial charge in [0, 0.05) is 5.41 Å². The van der Waals surface area contributed by atoms with E-state index >= 15 is 0 Å². The molecule has 0 radical (unpaired) electrons. The molecule has 1 aromatic heterocycles. The third-order valence-corrected chi connectivity index (χ3v) is 2.66. The van der Waals surface area contributed by atoms with E-state index in [-0.39, 0.29) is 25.2 Å². The van der Waals surface area contributed by atoms with E-state index < -0.39 is 0 Å². The van der Waals surface area contributed by atoms with E-state index in [1.165, 1.54) is 0 Å². The van der Waals surface area contributed by atoms with Gasteiger partial charge in [0.2, 0.25) is 11.7 Å². The molecule has 0 amide bonds. The van der Waals surface area contributed by atoms with Gasteiger partial charge in [-0.25, -0.2) is 0 Å². The molecule has 0 aliphatic heterocycles. The molecule has 1 aromatic carbocycles. The van der Waals surface area contributed by atoms with Crippen LogP contribution in [0.15, 0.2) is 28.8 Å². The lowest BCUT2D eigenvalue weighted by Crippen LogP contribution is -2.11. The molecule has 2 rings (SSSR count). The van der Waals surface area contributed by atoms with Crippen molar-refractivity contribution in [2.45, 2.75) is 32.8 Å². The van der Waals surface area contributed by atoms with Crippen LogP contribution in [0.1, 0.15) is 32.5 Å². The fourth-order valence-electron chi connectivity index (χ4n) is 1.60. The van der Waals surface area contributed by atoms with Crippen LogP contribution in [0.5, 0.6) is 11.5 Å². The summed E-state index contributed by atoms with van der Waals surface area (Å²) >= 11 is 0. The van der Waals surface area contributed by atoms with E-state index in [2.05, 4.69) is 10.1 Å². The zero-order valence-electron chi connectivity index (χ0n) is 12.5. The first-order chi connectivity index (χ1) is 10.0. The molecule has 6 nitrogen and oxygen atoms in total. The van der Waals surface area contributed by atoms with Crippen LogP contribution in [0.3, 0.4) is 0 Å². The minimum atomic E-state index is -0.187. The van der Waals surface area contributed by atoms with Crippen LogP contribution in [-0.2, 0) is 12.0 Å². The topological polar surface area (TPSA) is 77.6 Å². The lowest BCUT2D eigenvalue weighted by Gasteiger charge is -2.11. The monoisotopic (exact) mass is 292 g/mol. The molecule has 21 heavy (non-hydrogen) atoms. The van der Waals surface area contributed by atoms with Gasteiger partial charge >= 0.3 is 0 Å². The Morgan fingerprint density at radius 2 is 1.81 bits per heavy atom. The Balaban J connectivity index is 2.01. The summed E-state index contributed by atoms with van der Waals surface area (Å²) in [6, 6.07) is 7.25. The predicted octanol–water partition coefficient (Wildman–Crippen LogP) is 2.32. The number of para-hydroxylation sites is 2. The summed E-state index contributed by atoms with van der Waals surface area (Å²) < 4.78 is 16.3. The van der Waals surface area contributed by atoms with Gasteiger partial charge in [0.25, 0.3) is 0 Å². The van der Waals surface area contributed by atoms with Crippen LogP contribution in [0.25, 0.3) is 0 Å². The SMILES string of the molecule is CC(C)(C)c1nc(COc2ccccc2OCCO)no1. The van der Waals surface area contributed by atoms with Gasteiger partial charge in [0.05, 0.1) is 6.61 Å². The Kier molecular flexibility index (Phi) is 4.80. The molecular formula is C15H20N2O4. The fourth-order valence-corrected chi connectivity index (χ4v) is 1.60. The second-order valence-electron chi connectivity index (χ2n) is 5.57.